The van der Waals surface area contributed by atoms with Crippen LogP contribution in [0.1, 0.15) is 44.0 Å². The molecule has 4 rings (SSSR count). The molecule has 2 heterocycles. The van der Waals surface area contributed by atoms with Gasteiger partial charge in [-0.05, 0) is 37.8 Å². The van der Waals surface area contributed by atoms with Crippen molar-refractivity contribution < 1.29 is 4.79 Å². The van der Waals surface area contributed by atoms with E-state index in [-0.39, 0.29) is 24.1 Å². The number of nitrogens with zero attached hydrogens (tertiary/aromatic N) is 4. The third kappa shape index (κ3) is 3.56. The number of amides is 1. The zero-order valence-electron chi connectivity index (χ0n) is 16.3. The minimum absolute atomic E-state index is 0.0710. The van der Waals surface area contributed by atoms with Crippen LogP contribution in [0.25, 0.3) is 16.8 Å². The minimum Gasteiger partial charge on any atom is -0.352 e. The largest absolute Gasteiger partial charge is 0.352 e. The lowest BCUT2D eigenvalue weighted by Gasteiger charge is -2.12. The average Bonchev–Trinajstić information content (AvgIpc) is 3.36. The Morgan fingerprint density at radius 3 is 2.57 bits per heavy atom. The molecule has 1 aliphatic rings. The SMILES string of the molecule is CCc1ccc(-c2cc3c(=O)n(CC(=O)NC4CCCC4)nc(C)n3n2)cc1. The van der Waals surface area contributed by atoms with Crippen LogP contribution in [0.3, 0.4) is 0 Å². The number of carbonyl (C=O) groups excluding carboxylic acids is 1. The molecule has 0 radical (unpaired) electrons. The number of hydrogen-bond donors (Lipinski definition) is 1. The van der Waals surface area contributed by atoms with Crippen LogP contribution in [0.4, 0.5) is 0 Å². The predicted octanol–water partition coefficient (Wildman–Crippen LogP) is 2.49. The number of fused-ring (bicyclic) bond motifs is 1. The van der Waals surface area contributed by atoms with Gasteiger partial charge in [-0.15, -0.1) is 0 Å². The van der Waals surface area contributed by atoms with Crippen LogP contribution in [0.2, 0.25) is 0 Å². The molecule has 28 heavy (non-hydrogen) atoms. The molecule has 0 aliphatic heterocycles. The van der Waals surface area contributed by atoms with E-state index in [0.29, 0.717) is 11.3 Å². The Kier molecular flexibility index (Phi) is 4.98. The van der Waals surface area contributed by atoms with Crippen molar-refractivity contribution in [2.45, 2.75) is 58.5 Å². The predicted molar refractivity (Wildman–Crippen MR) is 107 cm³/mol. The summed E-state index contributed by atoms with van der Waals surface area (Å²) >= 11 is 0. The fourth-order valence-electron chi connectivity index (χ4n) is 3.81. The molecule has 1 amide bonds. The monoisotopic (exact) mass is 379 g/mol. The molecule has 0 unspecified atom stereocenters. The van der Waals surface area contributed by atoms with Crippen molar-refractivity contribution in [1.29, 1.82) is 0 Å². The summed E-state index contributed by atoms with van der Waals surface area (Å²) in [4.78, 5) is 25.2. The quantitative estimate of drug-likeness (QED) is 0.738. The van der Waals surface area contributed by atoms with Crippen molar-refractivity contribution in [2.24, 2.45) is 0 Å². The van der Waals surface area contributed by atoms with E-state index >= 15 is 0 Å². The summed E-state index contributed by atoms with van der Waals surface area (Å²) in [6, 6.07) is 10.1. The van der Waals surface area contributed by atoms with E-state index < -0.39 is 0 Å². The van der Waals surface area contributed by atoms with Crippen LogP contribution in [0, 0.1) is 6.92 Å². The van der Waals surface area contributed by atoms with E-state index in [0.717, 1.165) is 43.4 Å². The Labute approximate surface area is 163 Å². The molecular weight excluding hydrogens is 354 g/mol. The lowest BCUT2D eigenvalue weighted by atomic mass is 10.1. The van der Waals surface area contributed by atoms with Gasteiger partial charge in [-0.25, -0.2) is 9.20 Å². The summed E-state index contributed by atoms with van der Waals surface area (Å²) in [5.41, 5.74) is 3.04. The van der Waals surface area contributed by atoms with Gasteiger partial charge in [0.1, 0.15) is 17.9 Å². The first kappa shape index (κ1) is 18.4. The van der Waals surface area contributed by atoms with Crippen molar-refractivity contribution in [2.75, 3.05) is 0 Å². The molecule has 7 heteroatoms. The number of aromatic nitrogens is 4. The molecule has 0 saturated heterocycles. The molecule has 0 spiro atoms. The highest BCUT2D eigenvalue weighted by Gasteiger charge is 2.19. The third-order valence-corrected chi connectivity index (χ3v) is 5.41. The van der Waals surface area contributed by atoms with E-state index in [9.17, 15) is 9.59 Å². The maximum absolute atomic E-state index is 12.9. The van der Waals surface area contributed by atoms with Gasteiger partial charge in [-0.2, -0.15) is 10.2 Å². The number of carbonyl (C=O) groups is 1. The topological polar surface area (TPSA) is 81.3 Å². The second-order valence-electron chi connectivity index (χ2n) is 7.44. The molecule has 7 nitrogen and oxygen atoms in total. The zero-order valence-corrected chi connectivity index (χ0v) is 16.3. The summed E-state index contributed by atoms with van der Waals surface area (Å²) < 4.78 is 2.79. The van der Waals surface area contributed by atoms with Crippen molar-refractivity contribution in [3.63, 3.8) is 0 Å². The molecule has 1 aromatic carbocycles. The maximum atomic E-state index is 12.9. The van der Waals surface area contributed by atoms with Gasteiger partial charge in [0.05, 0.1) is 5.69 Å². The molecule has 1 saturated carbocycles. The van der Waals surface area contributed by atoms with Gasteiger partial charge in [0.2, 0.25) is 5.91 Å². The molecule has 1 fully saturated rings. The number of aryl methyl sites for hydroxylation is 2. The Morgan fingerprint density at radius 1 is 1.18 bits per heavy atom. The van der Waals surface area contributed by atoms with Crippen molar-refractivity contribution >= 4 is 11.4 Å². The Hall–Kier alpha value is -2.96. The zero-order chi connectivity index (χ0) is 19.7. The van der Waals surface area contributed by atoms with E-state index in [4.69, 9.17) is 0 Å². The van der Waals surface area contributed by atoms with E-state index in [2.05, 4.69) is 34.6 Å². The summed E-state index contributed by atoms with van der Waals surface area (Å²) in [5, 5.41) is 11.8. The molecule has 1 N–H and O–H groups in total. The first-order chi connectivity index (χ1) is 13.5. The second kappa shape index (κ2) is 7.58. The highest BCUT2D eigenvalue weighted by Crippen LogP contribution is 2.20. The smallest absolute Gasteiger partial charge is 0.293 e. The molecule has 0 atom stereocenters. The summed E-state index contributed by atoms with van der Waals surface area (Å²) in [6.45, 7) is 3.83. The molecule has 0 bridgehead atoms. The van der Waals surface area contributed by atoms with Gasteiger partial charge >= 0.3 is 0 Å². The van der Waals surface area contributed by atoms with Crippen LogP contribution >= 0.6 is 0 Å². The van der Waals surface area contributed by atoms with Crippen LogP contribution < -0.4 is 10.9 Å². The molecule has 2 aromatic heterocycles. The van der Waals surface area contributed by atoms with Crippen LogP contribution in [0.5, 0.6) is 0 Å². The van der Waals surface area contributed by atoms with Gasteiger partial charge in [-0.3, -0.25) is 9.59 Å². The van der Waals surface area contributed by atoms with Crippen LogP contribution in [-0.4, -0.2) is 31.3 Å². The highest BCUT2D eigenvalue weighted by molar-refractivity contribution is 5.76. The first-order valence-electron chi connectivity index (χ1n) is 9.91. The third-order valence-electron chi connectivity index (χ3n) is 5.41. The standard InChI is InChI=1S/C21H25N5O2/c1-3-15-8-10-16(11-9-15)18-12-19-21(28)25(23-14(2)26(19)24-18)13-20(27)22-17-6-4-5-7-17/h8-12,17H,3-7,13H2,1-2H3,(H,22,27). The summed E-state index contributed by atoms with van der Waals surface area (Å²) in [5.74, 6) is 0.403. The molecular formula is C21H25N5O2. The minimum atomic E-state index is -0.309. The van der Waals surface area contributed by atoms with Crippen molar-refractivity contribution in [3.05, 3.63) is 52.1 Å². The number of hydrogen-bond acceptors (Lipinski definition) is 4. The van der Waals surface area contributed by atoms with Crippen LogP contribution in [0.15, 0.2) is 35.1 Å². The molecule has 1 aliphatic carbocycles. The number of benzene rings is 1. The number of nitrogens with one attached hydrogen (secondary N) is 1. The van der Waals surface area contributed by atoms with Gasteiger partial charge in [0.25, 0.3) is 5.56 Å². The first-order valence-corrected chi connectivity index (χ1v) is 9.91. The number of rotatable bonds is 5. The Balaban J connectivity index is 1.63. The maximum Gasteiger partial charge on any atom is 0.293 e. The van der Waals surface area contributed by atoms with E-state index in [1.165, 1.54) is 10.2 Å². The van der Waals surface area contributed by atoms with Gasteiger partial charge in [0, 0.05) is 11.6 Å². The lowest BCUT2D eigenvalue weighted by molar-refractivity contribution is -0.122. The fourth-order valence-corrected chi connectivity index (χ4v) is 3.81. The van der Waals surface area contributed by atoms with E-state index in [1.807, 2.05) is 12.1 Å². The fraction of sp³-hybridized carbons (Fsp3) is 0.429. The molecule has 3 aromatic rings. The van der Waals surface area contributed by atoms with Gasteiger partial charge in [0.15, 0.2) is 0 Å². The van der Waals surface area contributed by atoms with Crippen molar-refractivity contribution in [3.8, 4) is 11.3 Å². The normalized spacial score (nSPS) is 14.6. The van der Waals surface area contributed by atoms with E-state index in [1.54, 1.807) is 17.5 Å². The summed E-state index contributed by atoms with van der Waals surface area (Å²) in [6.07, 6.45) is 5.28. The van der Waals surface area contributed by atoms with Gasteiger partial charge in [-0.1, -0.05) is 44.0 Å². The molecule has 146 valence electrons. The Bertz CT molecular complexity index is 1060. The lowest BCUT2D eigenvalue weighted by Crippen LogP contribution is -2.39. The Morgan fingerprint density at radius 2 is 1.89 bits per heavy atom. The second-order valence-corrected chi connectivity index (χ2v) is 7.44. The highest BCUT2D eigenvalue weighted by atomic mass is 16.2. The van der Waals surface area contributed by atoms with Crippen LogP contribution in [-0.2, 0) is 17.8 Å². The average molecular weight is 379 g/mol. The van der Waals surface area contributed by atoms with Crippen molar-refractivity contribution in [1.82, 2.24) is 24.7 Å². The van der Waals surface area contributed by atoms with Gasteiger partial charge < -0.3 is 5.32 Å². The summed E-state index contributed by atoms with van der Waals surface area (Å²) in [7, 11) is 0.